The van der Waals surface area contributed by atoms with Crippen LogP contribution in [0.5, 0.6) is 11.5 Å². The number of hydrogen-bond acceptors (Lipinski definition) is 6. The number of hydrogen-bond donors (Lipinski definition) is 0. The van der Waals surface area contributed by atoms with Gasteiger partial charge in [-0.25, -0.2) is 9.50 Å². The molecule has 4 aromatic rings. The number of fused-ring (bicyclic) bond motifs is 2. The summed E-state index contributed by atoms with van der Waals surface area (Å²) in [6.45, 7) is 0. The predicted molar refractivity (Wildman–Crippen MR) is 111 cm³/mol. The highest BCUT2D eigenvalue weighted by Crippen LogP contribution is 2.33. The molecule has 2 aromatic carbocycles. The smallest absolute Gasteiger partial charge is 0.252 e. The number of rotatable bonds is 4. The van der Waals surface area contributed by atoms with E-state index in [-0.39, 0.29) is 11.7 Å². The van der Waals surface area contributed by atoms with Gasteiger partial charge in [0.25, 0.3) is 5.78 Å². The lowest BCUT2D eigenvalue weighted by Crippen LogP contribution is -2.21. The molecule has 0 saturated heterocycles. The van der Waals surface area contributed by atoms with E-state index >= 15 is 0 Å². The van der Waals surface area contributed by atoms with Gasteiger partial charge in [-0.05, 0) is 54.3 Å². The lowest BCUT2D eigenvalue weighted by atomic mass is 9.82. The molecule has 0 amide bonds. The number of aromatic nitrogens is 4. The van der Waals surface area contributed by atoms with Crippen molar-refractivity contribution in [2.75, 3.05) is 14.2 Å². The molecule has 1 aliphatic carbocycles. The second-order valence-corrected chi connectivity index (χ2v) is 7.31. The lowest BCUT2D eigenvalue weighted by molar-refractivity contribution is 0.0962. The summed E-state index contributed by atoms with van der Waals surface area (Å²) >= 11 is 0. The summed E-state index contributed by atoms with van der Waals surface area (Å²) in [4.78, 5) is 22.1. The molecule has 150 valence electrons. The normalized spacial score (nSPS) is 15.8. The highest BCUT2D eigenvalue weighted by atomic mass is 16.5. The molecular weight excluding hydrogens is 380 g/mol. The number of ketones is 1. The highest BCUT2D eigenvalue weighted by Gasteiger charge is 2.28. The molecule has 7 heteroatoms. The molecule has 7 nitrogen and oxygen atoms in total. The molecule has 30 heavy (non-hydrogen) atoms. The van der Waals surface area contributed by atoms with E-state index in [2.05, 4.69) is 15.1 Å². The van der Waals surface area contributed by atoms with Crippen molar-refractivity contribution < 1.29 is 14.3 Å². The van der Waals surface area contributed by atoms with Crippen LogP contribution in [0.25, 0.3) is 17.2 Å². The maximum absolute atomic E-state index is 12.8. The maximum Gasteiger partial charge on any atom is 0.252 e. The van der Waals surface area contributed by atoms with Crippen LogP contribution in [-0.4, -0.2) is 39.6 Å². The second kappa shape index (κ2) is 7.26. The van der Waals surface area contributed by atoms with Gasteiger partial charge in [0.1, 0.15) is 11.5 Å². The Morgan fingerprint density at radius 2 is 1.57 bits per heavy atom. The van der Waals surface area contributed by atoms with Crippen molar-refractivity contribution in [3.8, 4) is 22.9 Å². The van der Waals surface area contributed by atoms with Crippen LogP contribution in [0.2, 0.25) is 0 Å². The predicted octanol–water partition coefficient (Wildman–Crippen LogP) is 3.72. The van der Waals surface area contributed by atoms with Crippen molar-refractivity contribution in [3.05, 3.63) is 71.5 Å². The van der Waals surface area contributed by atoms with Crippen LogP contribution in [0, 0.1) is 0 Å². The zero-order chi connectivity index (χ0) is 20.7. The van der Waals surface area contributed by atoms with Crippen molar-refractivity contribution in [3.63, 3.8) is 0 Å². The first-order valence-corrected chi connectivity index (χ1v) is 9.72. The van der Waals surface area contributed by atoms with Crippen molar-refractivity contribution in [2.24, 2.45) is 0 Å². The first-order valence-electron chi connectivity index (χ1n) is 9.72. The van der Waals surface area contributed by atoms with Gasteiger partial charge in [-0.2, -0.15) is 4.98 Å². The van der Waals surface area contributed by atoms with Gasteiger partial charge in [0.15, 0.2) is 11.6 Å². The molecule has 2 aromatic heterocycles. The minimum absolute atomic E-state index is 0.0768. The SMILES string of the molecule is COc1ccc(-c2nc3nc4c(cn3n2)C(=O)CC(c2ccc(OC)cc2)C4)cc1. The Kier molecular flexibility index (Phi) is 4.43. The summed E-state index contributed by atoms with van der Waals surface area (Å²) in [6.07, 6.45) is 2.89. The number of carbonyl (C=O) groups is 1. The standard InChI is InChI=1S/C23H20N4O3/c1-29-17-7-3-14(4-8-17)16-11-20-19(21(28)12-16)13-27-23(24-20)25-22(26-27)15-5-9-18(30-2)10-6-15/h3-10,13,16H,11-12H2,1-2H3. The highest BCUT2D eigenvalue weighted by molar-refractivity contribution is 5.98. The van der Waals surface area contributed by atoms with Crippen LogP contribution in [0.1, 0.15) is 34.0 Å². The Balaban J connectivity index is 1.49. The van der Waals surface area contributed by atoms with Gasteiger partial charge in [-0.1, -0.05) is 12.1 Å². The molecule has 0 bridgehead atoms. The zero-order valence-electron chi connectivity index (χ0n) is 16.7. The van der Waals surface area contributed by atoms with Gasteiger partial charge in [0, 0.05) is 18.2 Å². The van der Waals surface area contributed by atoms with Gasteiger partial charge in [-0.15, -0.1) is 5.10 Å². The number of nitrogens with zero attached hydrogens (tertiary/aromatic N) is 4. The largest absolute Gasteiger partial charge is 0.497 e. The number of carbonyl (C=O) groups excluding carboxylic acids is 1. The van der Waals surface area contributed by atoms with Crippen molar-refractivity contribution >= 4 is 11.6 Å². The van der Waals surface area contributed by atoms with Crippen molar-refractivity contribution in [1.29, 1.82) is 0 Å². The monoisotopic (exact) mass is 400 g/mol. The number of Topliss-reactive ketones (excluding diaryl/α,β-unsaturated/α-hetero) is 1. The fraction of sp³-hybridized carbons (Fsp3) is 0.217. The Morgan fingerprint density at radius 1 is 0.900 bits per heavy atom. The van der Waals surface area contributed by atoms with E-state index in [0.717, 1.165) is 28.3 Å². The summed E-state index contributed by atoms with van der Waals surface area (Å²) < 4.78 is 12.0. The fourth-order valence-corrected chi connectivity index (χ4v) is 3.86. The Labute approximate surface area is 173 Å². The van der Waals surface area contributed by atoms with Crippen LogP contribution >= 0.6 is 0 Å². The number of ether oxygens (including phenoxy) is 2. The molecular formula is C23H20N4O3. The molecule has 0 fully saturated rings. The van der Waals surface area contributed by atoms with E-state index in [1.165, 1.54) is 0 Å². The molecule has 1 unspecified atom stereocenters. The first kappa shape index (κ1) is 18.3. The van der Waals surface area contributed by atoms with Gasteiger partial charge in [0.05, 0.1) is 25.5 Å². The Morgan fingerprint density at radius 3 is 2.23 bits per heavy atom. The van der Waals surface area contributed by atoms with Gasteiger partial charge in [0.2, 0.25) is 0 Å². The van der Waals surface area contributed by atoms with Crippen LogP contribution in [0.3, 0.4) is 0 Å². The van der Waals surface area contributed by atoms with Gasteiger partial charge >= 0.3 is 0 Å². The zero-order valence-corrected chi connectivity index (χ0v) is 16.7. The van der Waals surface area contributed by atoms with Crippen LogP contribution in [0.15, 0.2) is 54.7 Å². The maximum atomic E-state index is 12.8. The molecule has 0 radical (unpaired) electrons. The Bertz CT molecular complexity index is 1230. The molecule has 0 spiro atoms. The van der Waals surface area contributed by atoms with Gasteiger partial charge < -0.3 is 9.47 Å². The molecule has 1 aliphatic rings. The van der Waals surface area contributed by atoms with Gasteiger partial charge in [-0.3, -0.25) is 4.79 Å². The van der Waals surface area contributed by atoms with Crippen molar-refractivity contribution in [2.45, 2.75) is 18.8 Å². The third-order valence-corrected chi connectivity index (χ3v) is 5.52. The summed E-state index contributed by atoms with van der Waals surface area (Å²) in [5, 5.41) is 4.51. The van der Waals surface area contributed by atoms with E-state index in [4.69, 9.17) is 9.47 Å². The van der Waals surface area contributed by atoms with E-state index in [1.54, 1.807) is 24.9 Å². The summed E-state index contributed by atoms with van der Waals surface area (Å²) in [6, 6.07) is 15.4. The molecule has 5 rings (SSSR count). The van der Waals surface area contributed by atoms with Crippen LogP contribution in [-0.2, 0) is 6.42 Å². The fourth-order valence-electron chi connectivity index (χ4n) is 3.86. The Hall–Kier alpha value is -3.74. The molecule has 0 N–H and O–H groups in total. The van der Waals surface area contributed by atoms with E-state index in [9.17, 15) is 4.79 Å². The average Bonchev–Trinajstić information content (AvgIpc) is 3.21. The third-order valence-electron chi connectivity index (χ3n) is 5.52. The second-order valence-electron chi connectivity index (χ2n) is 7.31. The summed E-state index contributed by atoms with van der Waals surface area (Å²) in [7, 11) is 3.27. The van der Waals surface area contributed by atoms with Crippen molar-refractivity contribution in [1.82, 2.24) is 19.6 Å². The topological polar surface area (TPSA) is 78.6 Å². The lowest BCUT2D eigenvalue weighted by Gasteiger charge is -2.23. The number of benzene rings is 2. The van der Waals surface area contributed by atoms with E-state index in [1.807, 2.05) is 48.5 Å². The molecule has 2 heterocycles. The van der Waals surface area contributed by atoms with Crippen LogP contribution < -0.4 is 9.47 Å². The number of methoxy groups -OCH3 is 2. The van der Waals surface area contributed by atoms with E-state index in [0.29, 0.717) is 30.0 Å². The summed E-state index contributed by atoms with van der Waals surface area (Å²) in [5.74, 6) is 2.79. The molecule has 0 saturated carbocycles. The minimum atomic E-state index is 0.0768. The minimum Gasteiger partial charge on any atom is -0.497 e. The summed E-state index contributed by atoms with van der Waals surface area (Å²) in [5.41, 5.74) is 3.37. The van der Waals surface area contributed by atoms with Crippen LogP contribution in [0.4, 0.5) is 0 Å². The van der Waals surface area contributed by atoms with E-state index < -0.39 is 0 Å². The molecule has 1 atom stereocenters. The third kappa shape index (κ3) is 3.18. The quantitative estimate of drug-likeness (QED) is 0.520. The average molecular weight is 400 g/mol. The first-order chi connectivity index (χ1) is 14.6. The molecule has 0 aliphatic heterocycles.